The molecule has 9 heteroatoms. The fourth-order valence-corrected chi connectivity index (χ4v) is 5.82. The van der Waals surface area contributed by atoms with Crippen LogP contribution in [0.3, 0.4) is 0 Å². The number of fused-ring (bicyclic) bond motifs is 1. The average Bonchev–Trinajstić information content (AvgIpc) is 2.81. The lowest BCUT2D eigenvalue weighted by Gasteiger charge is -2.37. The third-order valence-electron chi connectivity index (χ3n) is 5.99. The van der Waals surface area contributed by atoms with E-state index in [0.717, 1.165) is 5.56 Å². The Morgan fingerprint density at radius 2 is 1.94 bits per heavy atom. The second-order valence-corrected chi connectivity index (χ2v) is 11.4. The van der Waals surface area contributed by atoms with Crippen LogP contribution in [0.15, 0.2) is 47.6 Å². The maximum Gasteiger partial charge on any atom is 0.247 e. The molecule has 0 radical (unpaired) electrons. The number of aromatic nitrogens is 1. The van der Waals surface area contributed by atoms with Crippen LogP contribution in [0, 0.1) is 17.8 Å². The maximum absolute atomic E-state index is 13.6. The van der Waals surface area contributed by atoms with Gasteiger partial charge < -0.3 is 9.84 Å². The number of rotatable bonds is 7. The Labute approximate surface area is 209 Å². The van der Waals surface area contributed by atoms with Gasteiger partial charge in [-0.15, -0.1) is 0 Å². The van der Waals surface area contributed by atoms with Crippen LogP contribution in [0.4, 0.5) is 0 Å². The molecule has 0 bridgehead atoms. The number of hydrogen-bond donors (Lipinski definition) is 1. The number of nitrogens with zero attached hydrogens (tertiary/aromatic N) is 4. The van der Waals surface area contributed by atoms with Crippen LogP contribution in [0.25, 0.3) is 0 Å². The number of sulfonamides is 1. The van der Waals surface area contributed by atoms with Gasteiger partial charge in [0.25, 0.3) is 0 Å². The summed E-state index contributed by atoms with van der Waals surface area (Å²) in [5.41, 5.74) is 1.83. The molecule has 1 aliphatic heterocycles. The molecule has 0 amide bonds. The van der Waals surface area contributed by atoms with Crippen LogP contribution in [-0.4, -0.2) is 92.1 Å². The summed E-state index contributed by atoms with van der Waals surface area (Å²) in [5, 5.41) is 9.80. The Bertz CT molecular complexity index is 1140. The first-order valence-corrected chi connectivity index (χ1v) is 13.2. The van der Waals surface area contributed by atoms with E-state index < -0.39 is 16.1 Å². The minimum atomic E-state index is -3.87. The second kappa shape index (κ2) is 12.0. The lowest BCUT2D eigenvalue weighted by Crippen LogP contribution is -2.49. The number of hydrogen-bond acceptors (Lipinski definition) is 7. The molecule has 1 aliphatic rings. The van der Waals surface area contributed by atoms with Gasteiger partial charge in [-0.25, -0.2) is 8.42 Å². The molecule has 0 saturated heterocycles. The molecule has 35 heavy (non-hydrogen) atoms. The van der Waals surface area contributed by atoms with Gasteiger partial charge in [-0.3, -0.25) is 14.8 Å². The Morgan fingerprint density at radius 3 is 2.60 bits per heavy atom. The molecular formula is C26H36N4O4S. The van der Waals surface area contributed by atoms with Crippen molar-refractivity contribution in [3.05, 3.63) is 53.9 Å². The Hall–Kier alpha value is -2.48. The predicted octanol–water partition coefficient (Wildman–Crippen LogP) is 1.90. The van der Waals surface area contributed by atoms with Gasteiger partial charge in [-0.2, -0.15) is 4.31 Å². The summed E-state index contributed by atoms with van der Waals surface area (Å²) in [6, 6.07) is 8.39. The summed E-state index contributed by atoms with van der Waals surface area (Å²) in [4.78, 5) is 8.30. The van der Waals surface area contributed by atoms with Crippen molar-refractivity contribution in [3.8, 4) is 17.6 Å². The highest BCUT2D eigenvalue weighted by molar-refractivity contribution is 7.89. The Kier molecular flexibility index (Phi) is 9.27. The largest absolute Gasteiger partial charge is 0.487 e. The van der Waals surface area contributed by atoms with Crippen LogP contribution in [0.2, 0.25) is 0 Å². The molecule has 2 heterocycles. The highest BCUT2D eigenvalue weighted by atomic mass is 32.2. The predicted molar refractivity (Wildman–Crippen MR) is 136 cm³/mol. The third-order valence-corrected chi connectivity index (χ3v) is 8.01. The Morgan fingerprint density at radius 1 is 1.23 bits per heavy atom. The number of pyridine rings is 1. The van der Waals surface area contributed by atoms with Crippen LogP contribution in [-0.2, 0) is 16.6 Å². The molecule has 8 nitrogen and oxygen atoms in total. The average molecular weight is 501 g/mol. The van der Waals surface area contributed by atoms with Gasteiger partial charge in [0.15, 0.2) is 0 Å². The SMILES string of the molecule is C[C@@H]1CN([C@@H](C)CO)S(=O)(=O)c2ccc(C#CCN(C)C)cc2O[C@@H]1CN(C)Cc1ccncc1. The number of aliphatic hydroxyl groups is 1. The summed E-state index contributed by atoms with van der Waals surface area (Å²) in [7, 11) is 2.03. The number of aliphatic hydroxyl groups excluding tert-OH is 1. The van der Waals surface area contributed by atoms with Gasteiger partial charge in [-0.05, 0) is 64.0 Å². The minimum Gasteiger partial charge on any atom is -0.487 e. The smallest absolute Gasteiger partial charge is 0.247 e. The molecule has 0 unspecified atom stereocenters. The first-order valence-electron chi connectivity index (χ1n) is 11.8. The molecule has 3 rings (SSSR count). The molecule has 0 fully saturated rings. The van der Waals surface area contributed by atoms with E-state index in [9.17, 15) is 13.5 Å². The van der Waals surface area contributed by atoms with E-state index in [1.54, 1.807) is 37.5 Å². The van der Waals surface area contributed by atoms with E-state index in [0.29, 0.717) is 30.9 Å². The van der Waals surface area contributed by atoms with Crippen molar-refractivity contribution in [1.82, 2.24) is 19.1 Å². The summed E-state index contributed by atoms with van der Waals surface area (Å²) in [5.74, 6) is 6.37. The van der Waals surface area contributed by atoms with Crippen molar-refractivity contribution in [2.45, 2.75) is 37.4 Å². The molecule has 1 aromatic carbocycles. The standard InChI is InChI=1S/C26H36N4O4S/c1-20-16-30(21(2)19-31)35(32,33)26-9-8-22(7-6-14-28(3)4)15-24(26)34-25(20)18-29(5)17-23-10-12-27-13-11-23/h8-13,15,20-21,25,31H,14,16-19H2,1-5H3/t20-,21+,25-/m1/s1. The van der Waals surface area contributed by atoms with E-state index >= 15 is 0 Å². The van der Waals surface area contributed by atoms with Crippen LogP contribution < -0.4 is 4.74 Å². The topological polar surface area (TPSA) is 86.2 Å². The molecule has 3 atom stereocenters. The van der Waals surface area contributed by atoms with E-state index in [4.69, 9.17) is 4.74 Å². The van der Waals surface area contributed by atoms with Gasteiger partial charge in [0, 0.05) is 49.6 Å². The van der Waals surface area contributed by atoms with Crippen LogP contribution >= 0.6 is 0 Å². The molecule has 1 N–H and O–H groups in total. The lowest BCUT2D eigenvalue weighted by atomic mass is 10.0. The van der Waals surface area contributed by atoms with Crippen molar-refractivity contribution in [1.29, 1.82) is 0 Å². The quantitative estimate of drug-likeness (QED) is 0.581. The maximum atomic E-state index is 13.6. The van der Waals surface area contributed by atoms with Crippen molar-refractivity contribution in [2.75, 3.05) is 47.4 Å². The van der Waals surface area contributed by atoms with Gasteiger partial charge in [0.2, 0.25) is 10.0 Å². The van der Waals surface area contributed by atoms with E-state index in [2.05, 4.69) is 21.7 Å². The van der Waals surface area contributed by atoms with Crippen LogP contribution in [0.1, 0.15) is 25.0 Å². The van der Waals surface area contributed by atoms with E-state index in [1.807, 2.05) is 45.1 Å². The number of benzene rings is 1. The van der Waals surface area contributed by atoms with E-state index in [-0.39, 0.29) is 30.1 Å². The van der Waals surface area contributed by atoms with Gasteiger partial charge >= 0.3 is 0 Å². The van der Waals surface area contributed by atoms with Gasteiger partial charge in [0.05, 0.1) is 13.2 Å². The fourth-order valence-electron chi connectivity index (χ4n) is 3.99. The first kappa shape index (κ1) is 27.1. The zero-order chi connectivity index (χ0) is 25.6. The second-order valence-electron chi connectivity index (χ2n) is 9.49. The molecule has 190 valence electrons. The summed E-state index contributed by atoms with van der Waals surface area (Å²) < 4.78 is 35.0. The summed E-state index contributed by atoms with van der Waals surface area (Å²) in [6.45, 7) is 5.61. The molecular weight excluding hydrogens is 464 g/mol. The molecule has 2 aromatic rings. The van der Waals surface area contributed by atoms with Crippen LogP contribution in [0.5, 0.6) is 5.75 Å². The van der Waals surface area contributed by atoms with Crippen molar-refractivity contribution >= 4 is 10.0 Å². The first-order chi connectivity index (χ1) is 16.6. The minimum absolute atomic E-state index is 0.102. The number of likely N-dealkylation sites (N-methyl/N-ethyl adjacent to an activating group) is 1. The van der Waals surface area contributed by atoms with Crippen molar-refractivity contribution in [2.24, 2.45) is 5.92 Å². The van der Waals surface area contributed by atoms with Crippen molar-refractivity contribution < 1.29 is 18.3 Å². The molecule has 0 spiro atoms. The van der Waals surface area contributed by atoms with Crippen molar-refractivity contribution in [3.63, 3.8) is 0 Å². The van der Waals surface area contributed by atoms with Gasteiger partial charge in [-0.1, -0.05) is 18.8 Å². The molecule has 0 aliphatic carbocycles. The summed E-state index contributed by atoms with van der Waals surface area (Å²) >= 11 is 0. The third kappa shape index (κ3) is 7.03. The monoisotopic (exact) mass is 500 g/mol. The normalized spacial score (nSPS) is 20.8. The van der Waals surface area contributed by atoms with E-state index in [1.165, 1.54) is 4.31 Å². The number of ether oxygens (including phenoxy) is 1. The zero-order valence-corrected chi connectivity index (χ0v) is 22.0. The molecule has 1 aromatic heterocycles. The summed E-state index contributed by atoms with van der Waals surface area (Å²) in [6.07, 6.45) is 3.27. The highest BCUT2D eigenvalue weighted by Crippen LogP contribution is 2.34. The Balaban J connectivity index is 1.97. The fraction of sp³-hybridized carbons (Fsp3) is 0.500. The lowest BCUT2D eigenvalue weighted by molar-refractivity contribution is 0.0733. The highest BCUT2D eigenvalue weighted by Gasteiger charge is 2.38. The molecule has 0 saturated carbocycles. The van der Waals surface area contributed by atoms with Gasteiger partial charge in [0.1, 0.15) is 16.7 Å². The zero-order valence-electron chi connectivity index (χ0n) is 21.2.